The van der Waals surface area contributed by atoms with E-state index in [0.717, 1.165) is 23.1 Å². The molecule has 0 bridgehead atoms. The fraction of sp³-hybridized carbons (Fsp3) is 0.367. The summed E-state index contributed by atoms with van der Waals surface area (Å²) in [6, 6.07) is 8.64. The molecule has 0 spiro atoms. The number of carbonyl (C=O) groups is 3. The highest BCUT2D eigenvalue weighted by molar-refractivity contribution is 9.10. The minimum absolute atomic E-state index is 0.0147. The van der Waals surface area contributed by atoms with E-state index in [1.807, 2.05) is 37.3 Å². The molecule has 2 aliphatic rings. The third kappa shape index (κ3) is 5.09. The number of nitrogens with one attached hydrogen (secondary N) is 1. The first kappa shape index (κ1) is 28.1. The highest BCUT2D eigenvalue weighted by atomic mass is 79.9. The molecule has 1 saturated heterocycles. The van der Waals surface area contributed by atoms with Gasteiger partial charge in [0.25, 0.3) is 0 Å². The molecule has 12 heteroatoms. The summed E-state index contributed by atoms with van der Waals surface area (Å²) in [6.45, 7) is 5.66. The van der Waals surface area contributed by atoms with Gasteiger partial charge in [-0.2, -0.15) is 5.10 Å². The quantitative estimate of drug-likeness (QED) is 0.224. The number of pyridine rings is 1. The SMILES string of the molecule is COCc1ncc(-c2ccc3c(c2)c(C(C)=O)nn3CC(=O)N2[C@H](C(=O)Nc3nc(Br)ccc3C)C[C@@]3(C)C[C@@H]23)cn1. The number of carbonyl (C=O) groups excluding carboxylic acids is 3. The summed E-state index contributed by atoms with van der Waals surface area (Å²) in [7, 11) is 1.58. The van der Waals surface area contributed by atoms with E-state index in [2.05, 4.69) is 48.2 Å². The summed E-state index contributed by atoms with van der Waals surface area (Å²) in [4.78, 5) is 54.6. The summed E-state index contributed by atoms with van der Waals surface area (Å²) in [5, 5.41) is 8.10. The van der Waals surface area contributed by atoms with Crippen molar-refractivity contribution in [2.24, 2.45) is 5.41 Å². The van der Waals surface area contributed by atoms with Crippen LogP contribution < -0.4 is 5.32 Å². The Kier molecular flexibility index (Phi) is 7.14. The number of anilines is 1. The molecular formula is C30H30BrN7O4. The second-order valence-corrected chi connectivity index (χ2v) is 12.1. The number of ketones is 1. The number of likely N-dealkylation sites (tertiary alicyclic amines) is 1. The maximum atomic E-state index is 13.8. The number of hydrogen-bond donors (Lipinski definition) is 1. The van der Waals surface area contributed by atoms with E-state index in [1.165, 1.54) is 6.92 Å². The molecule has 6 rings (SSSR count). The number of aryl methyl sites for hydroxylation is 1. The van der Waals surface area contributed by atoms with Gasteiger partial charge in [0.15, 0.2) is 11.6 Å². The van der Waals surface area contributed by atoms with E-state index in [4.69, 9.17) is 4.74 Å². The molecule has 1 aromatic carbocycles. The van der Waals surface area contributed by atoms with Crippen molar-refractivity contribution in [3.8, 4) is 11.1 Å². The Bertz CT molecular complexity index is 1740. The van der Waals surface area contributed by atoms with Crippen LogP contribution in [-0.2, 0) is 27.5 Å². The molecule has 1 saturated carbocycles. The van der Waals surface area contributed by atoms with Gasteiger partial charge in [-0.15, -0.1) is 0 Å². The molecule has 0 unspecified atom stereocenters. The molecule has 1 aliphatic carbocycles. The van der Waals surface area contributed by atoms with Gasteiger partial charge < -0.3 is 15.0 Å². The highest BCUT2D eigenvalue weighted by Crippen LogP contribution is 2.59. The van der Waals surface area contributed by atoms with Crippen LogP contribution in [0.15, 0.2) is 47.3 Å². The molecule has 4 heterocycles. The first-order chi connectivity index (χ1) is 20.1. The van der Waals surface area contributed by atoms with Crippen molar-refractivity contribution < 1.29 is 19.1 Å². The standard InChI is InChI=1S/C30H30BrN7O4/c1-16-5-8-24(31)34-28(16)35-29(41)22-10-30(3)11-23(30)38(22)26(40)14-37-21-7-6-18(9-20(21)27(36-37)17(2)39)19-12-32-25(15-42-4)33-13-19/h5-9,12-13,22-23H,10-11,14-15H2,1-4H3,(H,34,35,41)/t22-,23+,30-/m0/s1. The van der Waals surface area contributed by atoms with Crippen LogP contribution >= 0.6 is 15.9 Å². The number of amides is 2. The molecule has 216 valence electrons. The lowest BCUT2D eigenvalue weighted by Crippen LogP contribution is -2.47. The van der Waals surface area contributed by atoms with Crippen LogP contribution in [0.25, 0.3) is 22.0 Å². The van der Waals surface area contributed by atoms with Gasteiger partial charge in [-0.05, 0) is 70.4 Å². The van der Waals surface area contributed by atoms with Crippen molar-refractivity contribution in [2.45, 2.75) is 58.8 Å². The molecule has 11 nitrogen and oxygen atoms in total. The number of hydrogen-bond acceptors (Lipinski definition) is 8. The number of fused-ring (bicyclic) bond motifs is 2. The summed E-state index contributed by atoms with van der Waals surface area (Å²) >= 11 is 3.35. The van der Waals surface area contributed by atoms with Gasteiger partial charge in [-0.25, -0.2) is 15.0 Å². The molecule has 42 heavy (non-hydrogen) atoms. The molecule has 2 amide bonds. The van der Waals surface area contributed by atoms with E-state index in [-0.39, 0.29) is 41.3 Å². The van der Waals surface area contributed by atoms with Gasteiger partial charge in [0, 0.05) is 43.4 Å². The maximum Gasteiger partial charge on any atom is 0.248 e. The molecule has 0 radical (unpaired) electrons. The molecule has 1 aliphatic heterocycles. The second kappa shape index (κ2) is 10.7. The first-order valence-corrected chi connectivity index (χ1v) is 14.4. The lowest BCUT2D eigenvalue weighted by atomic mass is 10.0. The van der Waals surface area contributed by atoms with Crippen LogP contribution in [0.4, 0.5) is 5.82 Å². The summed E-state index contributed by atoms with van der Waals surface area (Å²) in [5.41, 5.74) is 3.27. The van der Waals surface area contributed by atoms with E-state index in [1.54, 1.807) is 29.1 Å². The highest BCUT2D eigenvalue weighted by Gasteiger charge is 2.64. The van der Waals surface area contributed by atoms with Gasteiger partial charge >= 0.3 is 0 Å². The number of aromatic nitrogens is 5. The Labute approximate surface area is 250 Å². The van der Waals surface area contributed by atoms with Crippen LogP contribution in [0.2, 0.25) is 0 Å². The average Bonchev–Trinajstić information content (AvgIpc) is 3.33. The van der Waals surface area contributed by atoms with Crippen LogP contribution in [0.5, 0.6) is 0 Å². The molecule has 3 atom stereocenters. The van der Waals surface area contributed by atoms with E-state index >= 15 is 0 Å². The smallest absolute Gasteiger partial charge is 0.248 e. The number of halogens is 1. The summed E-state index contributed by atoms with van der Waals surface area (Å²) < 4.78 is 7.26. The zero-order valence-electron chi connectivity index (χ0n) is 23.7. The van der Waals surface area contributed by atoms with Gasteiger partial charge in [-0.3, -0.25) is 19.1 Å². The topological polar surface area (TPSA) is 132 Å². The normalized spacial score (nSPS) is 20.9. The lowest BCUT2D eigenvalue weighted by Gasteiger charge is -2.27. The first-order valence-electron chi connectivity index (χ1n) is 13.6. The fourth-order valence-corrected chi connectivity index (χ4v) is 6.16. The van der Waals surface area contributed by atoms with Gasteiger partial charge in [0.1, 0.15) is 35.3 Å². The molecule has 4 aromatic rings. The van der Waals surface area contributed by atoms with Crippen molar-refractivity contribution in [3.05, 3.63) is 64.4 Å². The Hall–Kier alpha value is -4.03. The van der Waals surface area contributed by atoms with Crippen LogP contribution in [0, 0.1) is 12.3 Å². The number of Topliss-reactive ketones (excluding diaryl/α,β-unsaturated/α-hetero) is 1. The Morgan fingerprint density at radius 2 is 1.88 bits per heavy atom. The predicted molar refractivity (Wildman–Crippen MR) is 159 cm³/mol. The number of nitrogens with zero attached hydrogens (tertiary/aromatic N) is 6. The second-order valence-electron chi connectivity index (χ2n) is 11.3. The summed E-state index contributed by atoms with van der Waals surface area (Å²) in [6.07, 6.45) is 4.85. The van der Waals surface area contributed by atoms with E-state index in [0.29, 0.717) is 40.2 Å². The van der Waals surface area contributed by atoms with Crippen molar-refractivity contribution in [1.82, 2.24) is 29.6 Å². The Balaban J connectivity index is 1.27. The van der Waals surface area contributed by atoms with Gasteiger partial charge in [0.05, 0.1) is 5.52 Å². The Morgan fingerprint density at radius 3 is 2.60 bits per heavy atom. The molecule has 2 fully saturated rings. The van der Waals surface area contributed by atoms with Crippen molar-refractivity contribution in [3.63, 3.8) is 0 Å². The largest absolute Gasteiger partial charge is 0.377 e. The van der Waals surface area contributed by atoms with Crippen LogP contribution in [0.3, 0.4) is 0 Å². The minimum atomic E-state index is -0.622. The summed E-state index contributed by atoms with van der Waals surface area (Å²) in [5.74, 6) is 0.350. The van der Waals surface area contributed by atoms with Crippen molar-refractivity contribution in [1.29, 1.82) is 0 Å². The number of benzene rings is 1. The molecular weight excluding hydrogens is 602 g/mol. The van der Waals surface area contributed by atoms with Crippen LogP contribution in [-0.4, -0.2) is 66.4 Å². The molecule has 1 N–H and O–H groups in total. The monoisotopic (exact) mass is 631 g/mol. The van der Waals surface area contributed by atoms with Crippen LogP contribution in [0.1, 0.15) is 48.6 Å². The third-order valence-corrected chi connectivity index (χ3v) is 8.65. The van der Waals surface area contributed by atoms with Crippen molar-refractivity contribution in [2.75, 3.05) is 12.4 Å². The lowest BCUT2D eigenvalue weighted by molar-refractivity contribution is -0.138. The maximum absolute atomic E-state index is 13.8. The molecule has 3 aromatic heterocycles. The van der Waals surface area contributed by atoms with Gasteiger partial charge in [0.2, 0.25) is 11.8 Å². The third-order valence-electron chi connectivity index (χ3n) is 8.21. The van der Waals surface area contributed by atoms with Crippen molar-refractivity contribution >= 4 is 50.2 Å². The number of ether oxygens (including phenoxy) is 1. The Morgan fingerprint density at radius 1 is 1.12 bits per heavy atom. The fourth-order valence-electron chi connectivity index (χ4n) is 5.85. The van der Waals surface area contributed by atoms with E-state index in [9.17, 15) is 14.4 Å². The number of rotatable bonds is 8. The predicted octanol–water partition coefficient (Wildman–Crippen LogP) is 4.33. The zero-order valence-corrected chi connectivity index (χ0v) is 25.3. The average molecular weight is 633 g/mol. The zero-order chi connectivity index (χ0) is 29.8. The number of methoxy groups -OCH3 is 1. The van der Waals surface area contributed by atoms with E-state index < -0.39 is 6.04 Å². The minimum Gasteiger partial charge on any atom is -0.377 e. The number of piperidine rings is 1. The van der Waals surface area contributed by atoms with Gasteiger partial charge in [-0.1, -0.05) is 19.1 Å².